The fourth-order valence-electron chi connectivity index (χ4n) is 5.84. The Balaban J connectivity index is 1.78. The Morgan fingerprint density at radius 3 is 2.28 bits per heavy atom. The summed E-state index contributed by atoms with van der Waals surface area (Å²) in [5.74, 6) is 2.76. The van der Waals surface area contributed by atoms with Crippen molar-refractivity contribution >= 4 is 32.8 Å². The third-order valence-electron chi connectivity index (χ3n) is 7.24. The van der Waals surface area contributed by atoms with Crippen LogP contribution in [0.25, 0.3) is 32.8 Å². The second-order valence-electron chi connectivity index (χ2n) is 9.53. The smallest absolute Gasteiger partial charge is 0.133 e. The van der Waals surface area contributed by atoms with Gasteiger partial charge in [-0.15, -0.1) is 0 Å². The first-order valence-corrected chi connectivity index (χ1v) is 10.8. The van der Waals surface area contributed by atoms with Crippen LogP contribution in [0.2, 0.25) is 0 Å². The maximum atomic E-state index is 6.79. The van der Waals surface area contributed by atoms with Crippen LogP contribution in [-0.2, 0) is 0 Å². The first-order chi connectivity index (χ1) is 14.0. The molecule has 1 aliphatic heterocycles. The van der Waals surface area contributed by atoms with Crippen molar-refractivity contribution in [3.63, 3.8) is 0 Å². The highest BCUT2D eigenvalue weighted by molar-refractivity contribution is 6.11. The summed E-state index contributed by atoms with van der Waals surface area (Å²) < 4.78 is 6.79. The van der Waals surface area contributed by atoms with E-state index < -0.39 is 0 Å². The van der Waals surface area contributed by atoms with E-state index in [4.69, 9.17) is 14.7 Å². The van der Waals surface area contributed by atoms with E-state index in [9.17, 15) is 0 Å². The van der Waals surface area contributed by atoms with Crippen molar-refractivity contribution < 1.29 is 4.74 Å². The minimum Gasteiger partial charge on any atom is -0.487 e. The number of aromatic nitrogens is 2. The van der Waals surface area contributed by atoms with E-state index in [-0.39, 0.29) is 5.60 Å². The van der Waals surface area contributed by atoms with Gasteiger partial charge in [0.1, 0.15) is 11.4 Å². The van der Waals surface area contributed by atoms with Gasteiger partial charge in [-0.1, -0.05) is 49.7 Å². The Morgan fingerprint density at radius 1 is 0.862 bits per heavy atom. The van der Waals surface area contributed by atoms with Gasteiger partial charge in [-0.25, -0.2) is 9.97 Å². The number of fused-ring (bicyclic) bond motifs is 9. The van der Waals surface area contributed by atoms with Crippen LogP contribution < -0.4 is 4.74 Å². The largest absolute Gasteiger partial charge is 0.487 e. The molecule has 1 fully saturated rings. The number of ether oxygens (including phenoxy) is 1. The van der Waals surface area contributed by atoms with E-state index in [0.717, 1.165) is 39.1 Å². The molecule has 1 saturated carbocycles. The topological polar surface area (TPSA) is 35.0 Å². The van der Waals surface area contributed by atoms with Crippen LogP contribution in [0.3, 0.4) is 0 Å². The molecule has 29 heavy (non-hydrogen) atoms. The SMILES string of the molecule is C[C@H]1CC[C@H]2[C@H](C1)c1c(c3ccccc3c3nc4ccccc4nc13)OC2(C)C. The molecule has 4 aromatic rings. The molecule has 0 unspecified atom stereocenters. The van der Waals surface area contributed by atoms with E-state index in [1.807, 2.05) is 12.1 Å². The molecule has 0 amide bonds. The van der Waals surface area contributed by atoms with Gasteiger partial charge in [-0.05, 0) is 50.7 Å². The Hall–Kier alpha value is -2.68. The summed E-state index contributed by atoms with van der Waals surface area (Å²) in [4.78, 5) is 10.3. The molecule has 1 aliphatic carbocycles. The first-order valence-electron chi connectivity index (χ1n) is 10.8. The van der Waals surface area contributed by atoms with Crippen molar-refractivity contribution in [3.05, 3.63) is 54.1 Å². The van der Waals surface area contributed by atoms with Crippen LogP contribution in [0.4, 0.5) is 0 Å². The highest BCUT2D eigenvalue weighted by Crippen LogP contribution is 2.56. The molecule has 2 heterocycles. The molecule has 3 atom stereocenters. The Labute approximate surface area is 171 Å². The zero-order valence-corrected chi connectivity index (χ0v) is 17.3. The van der Waals surface area contributed by atoms with E-state index in [1.54, 1.807) is 0 Å². The lowest BCUT2D eigenvalue weighted by atomic mass is 9.64. The number of nitrogens with zero attached hydrogens (tertiary/aromatic N) is 2. The van der Waals surface area contributed by atoms with Gasteiger partial charge < -0.3 is 4.74 Å². The maximum absolute atomic E-state index is 6.79. The van der Waals surface area contributed by atoms with Gasteiger partial charge in [-0.3, -0.25) is 0 Å². The second kappa shape index (κ2) is 5.91. The molecule has 0 spiro atoms. The predicted octanol–water partition coefficient (Wildman–Crippen LogP) is 6.63. The molecule has 0 bridgehead atoms. The van der Waals surface area contributed by atoms with Gasteiger partial charge in [0.25, 0.3) is 0 Å². The molecule has 0 radical (unpaired) electrons. The lowest BCUT2D eigenvalue weighted by molar-refractivity contribution is -0.0115. The first kappa shape index (κ1) is 17.2. The van der Waals surface area contributed by atoms with Crippen molar-refractivity contribution in [3.8, 4) is 5.75 Å². The van der Waals surface area contributed by atoms with Crippen LogP contribution in [0.1, 0.15) is 51.5 Å². The number of rotatable bonds is 0. The molecule has 1 aromatic heterocycles. The van der Waals surface area contributed by atoms with Crippen LogP contribution >= 0.6 is 0 Å². The van der Waals surface area contributed by atoms with Gasteiger partial charge in [0, 0.05) is 22.3 Å². The van der Waals surface area contributed by atoms with E-state index >= 15 is 0 Å². The van der Waals surface area contributed by atoms with Crippen molar-refractivity contribution in [2.75, 3.05) is 0 Å². The van der Waals surface area contributed by atoms with Crippen LogP contribution in [0.5, 0.6) is 5.75 Å². The molecule has 0 N–H and O–H groups in total. The number of hydrogen-bond donors (Lipinski definition) is 0. The maximum Gasteiger partial charge on any atom is 0.133 e. The molecular formula is C26H26N2O. The quantitative estimate of drug-likeness (QED) is 0.253. The summed E-state index contributed by atoms with van der Waals surface area (Å²) in [5.41, 5.74) is 5.10. The number of benzene rings is 3. The lowest BCUT2D eigenvalue weighted by Crippen LogP contribution is -2.46. The van der Waals surface area contributed by atoms with E-state index in [0.29, 0.717) is 11.8 Å². The fraction of sp³-hybridized carbons (Fsp3) is 0.385. The standard InChI is InChI=1S/C26H26N2O/c1-15-12-13-19-18(14-15)22-24-23(27-20-10-6-7-11-21(20)28-24)16-8-4-5-9-17(16)25(22)29-26(19,2)3/h4-11,15,18-19H,12-14H2,1-3H3/t15-,18-,19-/m0/s1. The third-order valence-corrected chi connectivity index (χ3v) is 7.24. The van der Waals surface area contributed by atoms with Crippen molar-refractivity contribution in [2.24, 2.45) is 11.8 Å². The molecule has 0 saturated heterocycles. The van der Waals surface area contributed by atoms with E-state index in [2.05, 4.69) is 57.2 Å². The van der Waals surface area contributed by atoms with Crippen molar-refractivity contribution in [1.29, 1.82) is 0 Å². The summed E-state index contributed by atoms with van der Waals surface area (Å²) >= 11 is 0. The Morgan fingerprint density at radius 2 is 1.52 bits per heavy atom. The summed E-state index contributed by atoms with van der Waals surface area (Å²) in [6.07, 6.45) is 3.70. The summed E-state index contributed by atoms with van der Waals surface area (Å²) in [6, 6.07) is 16.7. The zero-order chi connectivity index (χ0) is 19.8. The lowest BCUT2D eigenvalue weighted by Gasteiger charge is -2.49. The zero-order valence-electron chi connectivity index (χ0n) is 17.3. The molecule has 2 aliphatic rings. The van der Waals surface area contributed by atoms with Crippen molar-refractivity contribution in [1.82, 2.24) is 9.97 Å². The van der Waals surface area contributed by atoms with Crippen LogP contribution in [0, 0.1) is 11.8 Å². The molecule has 3 nitrogen and oxygen atoms in total. The van der Waals surface area contributed by atoms with Gasteiger partial charge in [0.2, 0.25) is 0 Å². The average Bonchev–Trinajstić information content (AvgIpc) is 2.72. The monoisotopic (exact) mass is 382 g/mol. The normalized spacial score (nSPS) is 25.6. The van der Waals surface area contributed by atoms with Gasteiger partial charge in [-0.2, -0.15) is 0 Å². The summed E-state index contributed by atoms with van der Waals surface area (Å²) in [6.45, 7) is 6.94. The third kappa shape index (κ3) is 2.43. The van der Waals surface area contributed by atoms with Crippen molar-refractivity contribution in [2.45, 2.75) is 51.6 Å². The molecule has 3 heteroatoms. The Kier molecular flexibility index (Phi) is 3.51. The molecule has 6 rings (SSSR count). The minimum absolute atomic E-state index is 0.168. The van der Waals surface area contributed by atoms with E-state index in [1.165, 1.54) is 30.2 Å². The minimum atomic E-state index is -0.168. The Bertz CT molecular complexity index is 1280. The summed E-state index contributed by atoms with van der Waals surface area (Å²) in [5, 5.41) is 2.31. The highest BCUT2D eigenvalue weighted by Gasteiger charge is 2.47. The van der Waals surface area contributed by atoms with Gasteiger partial charge >= 0.3 is 0 Å². The second-order valence-corrected chi connectivity index (χ2v) is 9.53. The molecule has 3 aromatic carbocycles. The summed E-state index contributed by atoms with van der Waals surface area (Å²) in [7, 11) is 0. The number of hydrogen-bond acceptors (Lipinski definition) is 3. The molecular weight excluding hydrogens is 356 g/mol. The molecule has 146 valence electrons. The fourth-order valence-corrected chi connectivity index (χ4v) is 5.84. The highest BCUT2D eigenvalue weighted by atomic mass is 16.5. The van der Waals surface area contributed by atoms with Gasteiger partial charge in [0.05, 0.1) is 22.1 Å². The van der Waals surface area contributed by atoms with Crippen LogP contribution in [0.15, 0.2) is 48.5 Å². The van der Waals surface area contributed by atoms with Gasteiger partial charge in [0.15, 0.2) is 0 Å². The number of para-hydroxylation sites is 2. The predicted molar refractivity (Wildman–Crippen MR) is 119 cm³/mol. The van der Waals surface area contributed by atoms with Crippen LogP contribution in [-0.4, -0.2) is 15.6 Å². The average molecular weight is 383 g/mol.